The van der Waals surface area contributed by atoms with Crippen LogP contribution >= 0.6 is 0 Å². The number of rotatable bonds is 6. The molecule has 3 N–H and O–H groups in total. The molecule has 17 heteroatoms. The number of urea groups is 1. The molecule has 7 heterocycles. The number of piperazine rings is 2. The highest BCUT2D eigenvalue weighted by molar-refractivity contribution is 6.05. The van der Waals surface area contributed by atoms with Gasteiger partial charge in [-0.05, 0) is 61.4 Å². The zero-order valence-corrected chi connectivity index (χ0v) is 32.5. The number of hydrogen-bond donors (Lipinski definition) is 3. The first kappa shape index (κ1) is 38.0. The maximum Gasteiger partial charge on any atom is 0.320 e. The number of piperidine rings is 2. The number of carbonyl (C=O) groups excluding carboxylic acids is 4. The van der Waals surface area contributed by atoms with Crippen molar-refractivity contribution in [1.82, 2.24) is 35.1 Å². The molecular formula is C41H48F2N10O5. The van der Waals surface area contributed by atoms with E-state index in [9.17, 15) is 33.1 Å². The average molecular weight is 799 g/mol. The minimum Gasteiger partial charge on any atom is -0.504 e. The Kier molecular flexibility index (Phi) is 10.0. The Morgan fingerprint density at radius 3 is 2.53 bits per heavy atom. The molecule has 0 saturated carbocycles. The number of amides is 5. The van der Waals surface area contributed by atoms with Crippen molar-refractivity contribution >= 4 is 40.9 Å². The predicted octanol–water partition coefficient (Wildman–Crippen LogP) is 3.24. The second-order valence-electron chi connectivity index (χ2n) is 16.4. The van der Waals surface area contributed by atoms with Crippen LogP contribution in [0.1, 0.15) is 54.9 Å². The van der Waals surface area contributed by atoms with Gasteiger partial charge in [0, 0.05) is 107 Å². The largest absolute Gasteiger partial charge is 0.504 e. The van der Waals surface area contributed by atoms with E-state index in [1.54, 1.807) is 11.0 Å². The third-order valence-electron chi connectivity index (χ3n) is 12.9. The molecule has 5 amide bonds. The molecule has 2 aromatic carbocycles. The van der Waals surface area contributed by atoms with E-state index in [0.717, 1.165) is 69.3 Å². The maximum atomic E-state index is 14.1. The minimum absolute atomic E-state index is 0.0443. The lowest BCUT2D eigenvalue weighted by molar-refractivity contribution is -0.136. The molecule has 6 aliphatic heterocycles. The summed E-state index contributed by atoms with van der Waals surface area (Å²) in [6, 6.07) is 8.85. The van der Waals surface area contributed by atoms with Crippen molar-refractivity contribution in [3.8, 4) is 17.0 Å². The van der Waals surface area contributed by atoms with E-state index in [4.69, 9.17) is 0 Å². The Labute approximate surface area is 334 Å². The lowest BCUT2D eigenvalue weighted by Gasteiger charge is -2.49. The summed E-state index contributed by atoms with van der Waals surface area (Å²) in [6.07, 6.45) is 3.49. The summed E-state index contributed by atoms with van der Waals surface area (Å²) in [6.45, 7) is 9.69. The van der Waals surface area contributed by atoms with E-state index in [0.29, 0.717) is 74.7 Å². The van der Waals surface area contributed by atoms with Crippen molar-refractivity contribution in [1.29, 1.82) is 0 Å². The van der Waals surface area contributed by atoms with Gasteiger partial charge in [-0.15, -0.1) is 10.2 Å². The molecule has 3 aromatic rings. The third kappa shape index (κ3) is 7.02. The molecular weight excluding hydrogens is 751 g/mol. The van der Waals surface area contributed by atoms with Gasteiger partial charge in [-0.1, -0.05) is 13.0 Å². The van der Waals surface area contributed by atoms with Crippen molar-refractivity contribution in [2.45, 2.75) is 63.7 Å². The Morgan fingerprint density at radius 1 is 0.914 bits per heavy atom. The van der Waals surface area contributed by atoms with Crippen LogP contribution in [0.4, 0.5) is 30.8 Å². The van der Waals surface area contributed by atoms with Gasteiger partial charge in [0.1, 0.15) is 11.9 Å². The summed E-state index contributed by atoms with van der Waals surface area (Å²) >= 11 is 0. The van der Waals surface area contributed by atoms with Crippen LogP contribution in [-0.4, -0.2) is 142 Å². The van der Waals surface area contributed by atoms with Gasteiger partial charge in [0.25, 0.3) is 5.91 Å². The molecule has 6 aliphatic rings. The van der Waals surface area contributed by atoms with Crippen LogP contribution in [0, 0.1) is 17.6 Å². The fraction of sp³-hybridized carbons (Fsp3) is 0.512. The van der Waals surface area contributed by atoms with E-state index in [1.807, 2.05) is 21.9 Å². The maximum absolute atomic E-state index is 14.1. The van der Waals surface area contributed by atoms with Crippen molar-refractivity contribution < 1.29 is 33.1 Å². The molecule has 0 aliphatic carbocycles. The van der Waals surface area contributed by atoms with Crippen molar-refractivity contribution in [3.05, 3.63) is 59.2 Å². The molecule has 4 fully saturated rings. The number of hydrogen-bond acceptors (Lipinski definition) is 11. The Balaban J connectivity index is 0.770. The topological polar surface area (TPSA) is 158 Å². The van der Waals surface area contributed by atoms with Crippen molar-refractivity contribution in [2.75, 3.05) is 80.6 Å². The first-order chi connectivity index (χ1) is 28.0. The van der Waals surface area contributed by atoms with Gasteiger partial charge >= 0.3 is 6.03 Å². The van der Waals surface area contributed by atoms with Gasteiger partial charge in [-0.25, -0.2) is 13.6 Å². The molecule has 1 aromatic heterocycles. The monoisotopic (exact) mass is 798 g/mol. The fourth-order valence-corrected chi connectivity index (χ4v) is 9.70. The zero-order valence-electron chi connectivity index (χ0n) is 32.5. The van der Waals surface area contributed by atoms with Crippen LogP contribution in [0.25, 0.3) is 11.3 Å². The van der Waals surface area contributed by atoms with Crippen LogP contribution < -0.4 is 20.4 Å². The summed E-state index contributed by atoms with van der Waals surface area (Å²) in [5, 5.41) is 24.3. The van der Waals surface area contributed by atoms with Gasteiger partial charge in [0.05, 0.1) is 17.4 Å². The van der Waals surface area contributed by atoms with Crippen molar-refractivity contribution in [3.63, 3.8) is 0 Å². The second-order valence-corrected chi connectivity index (χ2v) is 16.4. The number of benzene rings is 2. The number of carbonyl (C=O) groups is 4. The number of phenols is 1. The third-order valence-corrected chi connectivity index (χ3v) is 12.9. The summed E-state index contributed by atoms with van der Waals surface area (Å²) in [7, 11) is 0. The van der Waals surface area contributed by atoms with Crippen molar-refractivity contribution in [2.24, 2.45) is 5.92 Å². The van der Waals surface area contributed by atoms with Crippen LogP contribution in [0.3, 0.4) is 0 Å². The number of phenolic OH excluding ortho intramolecular Hbond substituents is 1. The predicted molar refractivity (Wildman–Crippen MR) is 210 cm³/mol. The summed E-state index contributed by atoms with van der Waals surface area (Å²) in [5.74, 6) is -2.35. The van der Waals surface area contributed by atoms with Gasteiger partial charge < -0.3 is 34.9 Å². The molecule has 0 spiro atoms. The van der Waals surface area contributed by atoms with E-state index >= 15 is 0 Å². The number of aromatic hydroxyl groups is 1. The normalized spacial score (nSPS) is 24.0. The lowest BCUT2D eigenvalue weighted by Crippen LogP contribution is -2.64. The average Bonchev–Trinajstić information content (AvgIpc) is 3.56. The molecule has 306 valence electrons. The minimum atomic E-state index is -1.07. The Bertz CT molecular complexity index is 2150. The first-order valence-electron chi connectivity index (χ1n) is 20.4. The number of nitrogens with zero attached hydrogens (tertiary/aromatic N) is 8. The fourth-order valence-electron chi connectivity index (χ4n) is 9.70. The van der Waals surface area contributed by atoms with Gasteiger partial charge in [0.2, 0.25) is 11.8 Å². The van der Waals surface area contributed by atoms with Crippen LogP contribution in [0.2, 0.25) is 0 Å². The smallest absolute Gasteiger partial charge is 0.320 e. The lowest BCUT2D eigenvalue weighted by atomic mass is 9.94. The molecule has 4 saturated heterocycles. The van der Waals surface area contributed by atoms with Gasteiger partial charge in [0.15, 0.2) is 17.4 Å². The highest BCUT2D eigenvalue weighted by Crippen LogP contribution is 2.38. The van der Waals surface area contributed by atoms with E-state index in [1.165, 1.54) is 0 Å². The van der Waals surface area contributed by atoms with Crippen LogP contribution in [-0.2, 0) is 16.1 Å². The molecule has 2 unspecified atom stereocenters. The molecule has 0 radical (unpaired) electrons. The highest BCUT2D eigenvalue weighted by Gasteiger charge is 2.41. The number of aromatic nitrogens is 2. The van der Waals surface area contributed by atoms with Crippen LogP contribution in [0.5, 0.6) is 5.75 Å². The molecule has 0 bridgehead atoms. The van der Waals surface area contributed by atoms with E-state index in [2.05, 4.69) is 48.5 Å². The van der Waals surface area contributed by atoms with Gasteiger partial charge in [-0.2, -0.15) is 0 Å². The second kappa shape index (κ2) is 15.3. The number of halogens is 2. The summed E-state index contributed by atoms with van der Waals surface area (Å²) in [5.41, 5.74) is 3.35. The van der Waals surface area contributed by atoms with E-state index < -0.39 is 29.3 Å². The first-order valence-corrected chi connectivity index (χ1v) is 20.4. The Morgan fingerprint density at radius 2 is 1.74 bits per heavy atom. The molecule has 9 rings (SSSR count). The quantitative estimate of drug-likeness (QED) is 0.315. The number of nitrogens with one attached hydrogen (secondary N) is 2. The summed E-state index contributed by atoms with van der Waals surface area (Å²) in [4.78, 5) is 64.2. The summed E-state index contributed by atoms with van der Waals surface area (Å²) < 4.78 is 28.2. The SMILES string of the molecule is CCC1CN(CC2CCN(c3ccc4c(c3)C(=O)N(C3CCC(=O)NC3=O)C4)CC2)CCN1C(=O)N1CCN2c3cc(-c4cc(F)cc(F)c4O)nnc3NC[C@H]2C1. The Hall–Kier alpha value is -5.58. The van der Waals surface area contributed by atoms with Crippen LogP contribution in [0.15, 0.2) is 36.4 Å². The standard InChI is InChI=1S/C41H48F2N10O5/c1-2-27-22-48(20-24-7-9-49(10-8-24)28-4-3-25-21-53(40(57)30(25)17-28)34-5-6-36(54)45-39(34)56)11-13-52(27)41(58)50-12-14-51-29(23-50)19-44-38-35(51)18-33(46-47-38)31-15-26(42)16-32(43)37(31)55/h3-4,15-18,24,27,29,34,55H,2,5-14,19-23H2,1H3,(H,44,47)(H,45,54,56)/t27?,29-,34?/m0/s1. The molecule has 58 heavy (non-hydrogen) atoms. The van der Waals surface area contributed by atoms with E-state index in [-0.39, 0.29) is 47.6 Å². The van der Waals surface area contributed by atoms with Gasteiger partial charge in [-0.3, -0.25) is 24.6 Å². The zero-order chi connectivity index (χ0) is 40.2. The number of fused-ring (bicyclic) bond motifs is 4. The number of imide groups is 1. The molecule has 3 atom stereocenters. The molecule has 15 nitrogen and oxygen atoms in total. The number of anilines is 3. The highest BCUT2D eigenvalue weighted by atomic mass is 19.1.